The molecule has 0 spiro atoms. The molecule has 1 atom stereocenters. The van der Waals surface area contributed by atoms with Gasteiger partial charge in [-0.2, -0.15) is 0 Å². The Morgan fingerprint density at radius 1 is 1.35 bits per heavy atom. The van der Waals surface area contributed by atoms with Gasteiger partial charge in [0.05, 0.1) is 21.6 Å². The summed E-state index contributed by atoms with van der Waals surface area (Å²) >= 11 is 0. The van der Waals surface area contributed by atoms with Crippen LogP contribution in [0.5, 0.6) is 0 Å². The fourth-order valence-electron chi connectivity index (χ4n) is 2.54. The van der Waals surface area contributed by atoms with Crippen LogP contribution in [0.1, 0.15) is 25.7 Å². The molecule has 0 bridgehead atoms. The van der Waals surface area contributed by atoms with Gasteiger partial charge >= 0.3 is 5.97 Å². The molecule has 6 heteroatoms. The first-order chi connectivity index (χ1) is 9.47. The van der Waals surface area contributed by atoms with Crippen LogP contribution in [0.2, 0.25) is 0 Å². The third-order valence-corrected chi connectivity index (χ3v) is 4.64. The van der Waals surface area contributed by atoms with E-state index < -0.39 is 22.6 Å². The number of carboxylic acids is 1. The summed E-state index contributed by atoms with van der Waals surface area (Å²) in [6, 6.07) is 4.75. The quantitative estimate of drug-likeness (QED) is 0.897. The molecule has 1 fully saturated rings. The maximum absolute atomic E-state index is 13.7. The summed E-state index contributed by atoms with van der Waals surface area (Å²) in [5.41, 5.74) is 0.649. The van der Waals surface area contributed by atoms with Gasteiger partial charge in [-0.1, -0.05) is 0 Å². The first kappa shape index (κ1) is 15.0. The highest BCUT2D eigenvalue weighted by molar-refractivity contribution is 7.84. The van der Waals surface area contributed by atoms with Crippen LogP contribution in [-0.4, -0.2) is 27.6 Å². The van der Waals surface area contributed by atoms with Crippen molar-refractivity contribution in [2.75, 3.05) is 11.6 Å². The number of hydrogen-bond acceptors (Lipinski definition) is 3. The van der Waals surface area contributed by atoms with Crippen molar-refractivity contribution in [3.8, 4) is 0 Å². The molecule has 110 valence electrons. The zero-order chi connectivity index (χ0) is 14.7. The van der Waals surface area contributed by atoms with Gasteiger partial charge in [-0.15, -0.1) is 0 Å². The highest BCUT2D eigenvalue weighted by atomic mass is 32.2. The number of anilines is 1. The van der Waals surface area contributed by atoms with E-state index in [4.69, 9.17) is 5.11 Å². The largest absolute Gasteiger partial charge is 0.481 e. The first-order valence-corrected chi connectivity index (χ1v) is 8.15. The molecule has 0 amide bonds. The van der Waals surface area contributed by atoms with Crippen molar-refractivity contribution in [3.63, 3.8) is 0 Å². The number of nitrogens with one attached hydrogen (secondary N) is 1. The van der Waals surface area contributed by atoms with Crippen LogP contribution in [0.4, 0.5) is 10.1 Å². The lowest BCUT2D eigenvalue weighted by Gasteiger charge is -2.27. The summed E-state index contributed by atoms with van der Waals surface area (Å²) < 4.78 is 25.0. The number of aliphatic carboxylic acids is 1. The monoisotopic (exact) mass is 299 g/mol. The number of carbonyl (C=O) groups is 1. The average Bonchev–Trinajstić information content (AvgIpc) is 2.39. The summed E-state index contributed by atoms with van der Waals surface area (Å²) in [7, 11) is -1.33. The summed E-state index contributed by atoms with van der Waals surface area (Å²) in [5, 5.41) is 12.1. The summed E-state index contributed by atoms with van der Waals surface area (Å²) in [4.78, 5) is 11.1. The van der Waals surface area contributed by atoms with Crippen molar-refractivity contribution in [2.45, 2.75) is 36.6 Å². The molecule has 1 unspecified atom stereocenters. The Kier molecular flexibility index (Phi) is 4.75. The van der Waals surface area contributed by atoms with E-state index in [-0.39, 0.29) is 16.9 Å². The Labute approximate surface area is 119 Å². The fourth-order valence-corrected chi connectivity index (χ4v) is 3.14. The number of benzene rings is 1. The highest BCUT2D eigenvalue weighted by Gasteiger charge is 2.25. The molecule has 1 aromatic rings. The van der Waals surface area contributed by atoms with Crippen LogP contribution < -0.4 is 5.32 Å². The van der Waals surface area contributed by atoms with E-state index in [1.165, 1.54) is 18.4 Å². The number of hydrogen-bond donors (Lipinski definition) is 2. The maximum atomic E-state index is 13.7. The van der Waals surface area contributed by atoms with Gasteiger partial charge in [0.1, 0.15) is 5.82 Å². The van der Waals surface area contributed by atoms with Crippen LogP contribution in [0, 0.1) is 11.7 Å². The van der Waals surface area contributed by atoms with E-state index in [0.717, 1.165) is 12.8 Å². The smallest absolute Gasteiger partial charge is 0.306 e. The van der Waals surface area contributed by atoms with E-state index in [2.05, 4.69) is 5.32 Å². The minimum absolute atomic E-state index is 0.169. The number of carboxylic acid groups (broad SMARTS) is 1. The van der Waals surface area contributed by atoms with Crippen LogP contribution in [0.15, 0.2) is 23.1 Å². The van der Waals surface area contributed by atoms with Gasteiger partial charge in [0.25, 0.3) is 0 Å². The predicted octanol–water partition coefficient (Wildman–Crippen LogP) is 2.62. The molecule has 0 saturated heterocycles. The third kappa shape index (κ3) is 3.56. The summed E-state index contributed by atoms with van der Waals surface area (Å²) in [5.74, 6) is -1.46. The van der Waals surface area contributed by atoms with E-state index in [1.54, 1.807) is 6.07 Å². The zero-order valence-electron chi connectivity index (χ0n) is 11.3. The topological polar surface area (TPSA) is 66.4 Å². The molecule has 2 rings (SSSR count). The van der Waals surface area contributed by atoms with Crippen molar-refractivity contribution in [2.24, 2.45) is 5.92 Å². The van der Waals surface area contributed by atoms with Crippen LogP contribution >= 0.6 is 0 Å². The van der Waals surface area contributed by atoms with Crippen molar-refractivity contribution in [1.29, 1.82) is 0 Å². The number of halogens is 1. The molecule has 0 aliphatic heterocycles. The van der Waals surface area contributed by atoms with E-state index in [9.17, 15) is 13.4 Å². The number of rotatable bonds is 4. The lowest BCUT2D eigenvalue weighted by Crippen LogP contribution is -2.29. The molecule has 0 radical (unpaired) electrons. The molecular formula is C14H18FNO3S. The standard InChI is InChI=1S/C14H18FNO3S/c1-20(19)13-7-6-11(8-12(13)15)16-10-4-2-9(3-5-10)14(17)18/h6-10,16H,2-5H2,1H3,(H,17,18). The van der Waals surface area contributed by atoms with Gasteiger partial charge < -0.3 is 10.4 Å². The second-order valence-electron chi connectivity index (χ2n) is 5.13. The molecule has 0 aromatic heterocycles. The minimum Gasteiger partial charge on any atom is -0.481 e. The molecule has 2 N–H and O–H groups in total. The Balaban J connectivity index is 1.96. The molecule has 1 aliphatic carbocycles. The van der Waals surface area contributed by atoms with Gasteiger partial charge in [-0.3, -0.25) is 9.00 Å². The predicted molar refractivity (Wildman–Crippen MR) is 75.7 cm³/mol. The Hall–Kier alpha value is -1.43. The average molecular weight is 299 g/mol. The van der Waals surface area contributed by atoms with Gasteiger partial charge in [0, 0.05) is 18.0 Å². The molecule has 20 heavy (non-hydrogen) atoms. The van der Waals surface area contributed by atoms with E-state index in [0.29, 0.717) is 18.5 Å². The Morgan fingerprint density at radius 3 is 2.50 bits per heavy atom. The lowest BCUT2D eigenvalue weighted by molar-refractivity contribution is -0.142. The summed E-state index contributed by atoms with van der Waals surface area (Å²) in [6.07, 6.45) is 4.26. The van der Waals surface area contributed by atoms with Crippen LogP contribution in [0.3, 0.4) is 0 Å². The summed E-state index contributed by atoms with van der Waals surface area (Å²) in [6.45, 7) is 0. The fraction of sp³-hybridized carbons (Fsp3) is 0.500. The third-order valence-electron chi connectivity index (χ3n) is 3.69. The maximum Gasteiger partial charge on any atom is 0.306 e. The Morgan fingerprint density at radius 2 is 2.00 bits per heavy atom. The van der Waals surface area contributed by atoms with E-state index in [1.807, 2.05) is 0 Å². The SMILES string of the molecule is CS(=O)c1ccc(NC2CCC(C(=O)O)CC2)cc1F. The van der Waals surface area contributed by atoms with Crippen molar-refractivity contribution in [3.05, 3.63) is 24.0 Å². The van der Waals surface area contributed by atoms with Gasteiger partial charge in [0.15, 0.2) is 0 Å². The molecule has 4 nitrogen and oxygen atoms in total. The molecule has 1 saturated carbocycles. The lowest BCUT2D eigenvalue weighted by atomic mass is 9.86. The normalized spacial score (nSPS) is 24.1. The second-order valence-corrected chi connectivity index (χ2v) is 6.48. The zero-order valence-corrected chi connectivity index (χ0v) is 12.1. The molecule has 1 aromatic carbocycles. The Bertz CT molecular complexity index is 527. The van der Waals surface area contributed by atoms with Crippen molar-refractivity contribution < 1.29 is 18.5 Å². The first-order valence-electron chi connectivity index (χ1n) is 6.59. The highest BCUT2D eigenvalue weighted by Crippen LogP contribution is 2.27. The van der Waals surface area contributed by atoms with E-state index >= 15 is 0 Å². The minimum atomic E-state index is -1.33. The molecular weight excluding hydrogens is 281 g/mol. The molecule has 1 aliphatic rings. The van der Waals surface area contributed by atoms with Crippen LogP contribution in [0.25, 0.3) is 0 Å². The molecule has 0 heterocycles. The van der Waals surface area contributed by atoms with Gasteiger partial charge in [0.2, 0.25) is 0 Å². The van der Waals surface area contributed by atoms with Gasteiger partial charge in [-0.05, 0) is 43.9 Å². The van der Waals surface area contributed by atoms with Gasteiger partial charge in [-0.25, -0.2) is 4.39 Å². The van der Waals surface area contributed by atoms with Crippen molar-refractivity contribution in [1.82, 2.24) is 0 Å². The second kappa shape index (κ2) is 6.35. The van der Waals surface area contributed by atoms with Crippen LogP contribution in [-0.2, 0) is 15.6 Å². The van der Waals surface area contributed by atoms with Crippen molar-refractivity contribution >= 4 is 22.5 Å².